The van der Waals surface area contributed by atoms with E-state index in [9.17, 15) is 9.18 Å². The molecule has 1 aliphatic heterocycles. The van der Waals surface area contributed by atoms with Crippen LogP contribution in [0.4, 0.5) is 10.1 Å². The van der Waals surface area contributed by atoms with Gasteiger partial charge in [-0.1, -0.05) is 6.08 Å². The SMILES string of the molecule is CN1Cc2c(C3=CCC(=O)CC3)[nH]c3nccc(c23)-c2cc(F)ccc21. The van der Waals surface area contributed by atoms with Gasteiger partial charge in [0.25, 0.3) is 0 Å². The van der Waals surface area contributed by atoms with Crippen molar-refractivity contribution in [1.82, 2.24) is 9.97 Å². The molecule has 5 heteroatoms. The fourth-order valence-electron chi connectivity index (χ4n) is 4.16. The van der Waals surface area contributed by atoms with E-state index < -0.39 is 0 Å². The van der Waals surface area contributed by atoms with Crippen LogP contribution >= 0.6 is 0 Å². The second-order valence-corrected chi connectivity index (χ2v) is 7.05. The Balaban J connectivity index is 1.80. The number of H-pyrrole nitrogens is 1. The Morgan fingerprint density at radius 3 is 2.88 bits per heavy atom. The lowest BCUT2D eigenvalue weighted by molar-refractivity contribution is -0.118. The third-order valence-electron chi connectivity index (χ3n) is 5.42. The van der Waals surface area contributed by atoms with Crippen LogP contribution < -0.4 is 4.90 Å². The maximum absolute atomic E-state index is 14.0. The number of pyridine rings is 1. The summed E-state index contributed by atoms with van der Waals surface area (Å²) < 4.78 is 14.0. The largest absolute Gasteiger partial charge is 0.370 e. The number of nitrogens with one attached hydrogen (secondary N) is 1. The molecule has 0 spiro atoms. The lowest BCUT2D eigenvalue weighted by Gasteiger charge is -2.21. The summed E-state index contributed by atoms with van der Waals surface area (Å²) >= 11 is 0. The van der Waals surface area contributed by atoms with E-state index in [2.05, 4.69) is 14.9 Å². The number of Topliss-reactive ketones (excluding diaryl/α,β-unsaturated/α-hetero) is 1. The van der Waals surface area contributed by atoms with E-state index in [1.165, 1.54) is 17.2 Å². The number of hydrogen-bond acceptors (Lipinski definition) is 3. The number of halogens is 1. The first-order valence-electron chi connectivity index (χ1n) is 8.83. The number of carbonyl (C=O) groups is 1. The van der Waals surface area contributed by atoms with Crippen LogP contribution in [0.5, 0.6) is 0 Å². The second kappa shape index (κ2) is 5.53. The van der Waals surface area contributed by atoms with E-state index in [-0.39, 0.29) is 11.6 Å². The lowest BCUT2D eigenvalue weighted by Crippen LogP contribution is -2.17. The van der Waals surface area contributed by atoms with Gasteiger partial charge in [-0.25, -0.2) is 9.37 Å². The molecule has 26 heavy (non-hydrogen) atoms. The molecule has 2 aliphatic rings. The topological polar surface area (TPSA) is 49.0 Å². The number of fused-ring (bicyclic) bond motifs is 2. The van der Waals surface area contributed by atoms with Gasteiger partial charge in [0.2, 0.25) is 0 Å². The molecule has 5 rings (SSSR count). The number of carbonyl (C=O) groups excluding carboxylic acids is 1. The highest BCUT2D eigenvalue weighted by Gasteiger charge is 2.26. The Kier molecular flexibility index (Phi) is 3.26. The molecule has 0 bridgehead atoms. The summed E-state index contributed by atoms with van der Waals surface area (Å²) in [7, 11) is 2.03. The van der Waals surface area contributed by atoms with Crippen molar-refractivity contribution >= 4 is 28.1 Å². The Bertz CT molecular complexity index is 1100. The normalized spacial score (nSPS) is 16.5. The number of ketones is 1. The van der Waals surface area contributed by atoms with Crippen LogP contribution in [0, 0.1) is 5.82 Å². The molecule has 1 aromatic carbocycles. The summed E-state index contributed by atoms with van der Waals surface area (Å²) in [5, 5.41) is 1.05. The minimum atomic E-state index is -0.241. The molecule has 0 fully saturated rings. The number of aromatic amines is 1. The van der Waals surface area contributed by atoms with E-state index in [0.29, 0.717) is 19.4 Å². The third kappa shape index (κ3) is 2.20. The Hall–Kier alpha value is -2.95. The number of anilines is 1. The molecule has 0 saturated carbocycles. The Labute approximate surface area is 150 Å². The number of nitrogens with zero attached hydrogens (tertiary/aromatic N) is 2. The highest BCUT2D eigenvalue weighted by atomic mass is 19.1. The fraction of sp³-hybridized carbons (Fsp3) is 0.238. The van der Waals surface area contributed by atoms with Crippen molar-refractivity contribution in [3.05, 3.63) is 53.6 Å². The predicted octanol–water partition coefficient (Wildman–Crippen LogP) is 4.46. The van der Waals surface area contributed by atoms with Gasteiger partial charge in [-0.3, -0.25) is 4.79 Å². The highest BCUT2D eigenvalue weighted by molar-refractivity contribution is 6.03. The summed E-state index contributed by atoms with van der Waals surface area (Å²) in [5.74, 6) is 0.0457. The number of allylic oxidation sites excluding steroid dienone is 2. The molecule has 1 N–H and O–H groups in total. The predicted molar refractivity (Wildman–Crippen MR) is 100 cm³/mol. The van der Waals surface area contributed by atoms with E-state index in [0.717, 1.165) is 40.0 Å². The Morgan fingerprint density at radius 2 is 2.08 bits per heavy atom. The van der Waals surface area contributed by atoms with Gasteiger partial charge in [0.1, 0.15) is 17.2 Å². The standard InChI is InChI=1S/C21H18FN3O/c1-25-11-17-19-15(16-10-13(22)4-7-18(16)25)8-9-23-21(19)24-20(17)12-2-5-14(26)6-3-12/h2,4,7-10H,3,5-6,11H2,1H3,(H,23,24). The summed E-state index contributed by atoms with van der Waals surface area (Å²) in [6, 6.07) is 6.90. The maximum atomic E-state index is 14.0. The average molecular weight is 347 g/mol. The molecule has 4 nitrogen and oxygen atoms in total. The van der Waals surface area contributed by atoms with Crippen molar-refractivity contribution in [1.29, 1.82) is 0 Å². The van der Waals surface area contributed by atoms with Gasteiger partial charge in [-0.2, -0.15) is 0 Å². The van der Waals surface area contributed by atoms with Crippen molar-refractivity contribution in [3.63, 3.8) is 0 Å². The van der Waals surface area contributed by atoms with Gasteiger partial charge < -0.3 is 9.88 Å². The second-order valence-electron chi connectivity index (χ2n) is 7.05. The molecule has 0 radical (unpaired) electrons. The lowest BCUT2D eigenvalue weighted by atomic mass is 9.93. The minimum absolute atomic E-state index is 0.241. The molecule has 0 saturated heterocycles. The summed E-state index contributed by atoms with van der Waals surface area (Å²) in [5.41, 5.74) is 7.12. The van der Waals surface area contributed by atoms with Crippen molar-refractivity contribution < 1.29 is 9.18 Å². The number of benzene rings is 1. The zero-order valence-corrected chi connectivity index (χ0v) is 14.5. The molecule has 0 atom stereocenters. The summed E-state index contributed by atoms with van der Waals surface area (Å²) in [6.07, 6.45) is 5.62. The van der Waals surface area contributed by atoms with Crippen LogP contribution in [0.2, 0.25) is 0 Å². The number of hydrogen-bond donors (Lipinski definition) is 1. The van der Waals surface area contributed by atoms with Gasteiger partial charge in [0, 0.05) is 60.5 Å². The van der Waals surface area contributed by atoms with Crippen molar-refractivity contribution in [2.24, 2.45) is 0 Å². The van der Waals surface area contributed by atoms with E-state index in [1.807, 2.05) is 25.3 Å². The monoisotopic (exact) mass is 347 g/mol. The molecule has 1 aliphatic carbocycles. The van der Waals surface area contributed by atoms with Crippen LogP contribution in [-0.4, -0.2) is 22.8 Å². The van der Waals surface area contributed by atoms with E-state index >= 15 is 0 Å². The molecule has 2 aromatic heterocycles. The maximum Gasteiger partial charge on any atom is 0.138 e. The van der Waals surface area contributed by atoms with E-state index in [4.69, 9.17) is 0 Å². The molecule has 0 amide bonds. The van der Waals surface area contributed by atoms with Gasteiger partial charge in [-0.15, -0.1) is 0 Å². The van der Waals surface area contributed by atoms with Crippen molar-refractivity contribution in [2.45, 2.75) is 25.8 Å². The van der Waals surface area contributed by atoms with Crippen molar-refractivity contribution in [2.75, 3.05) is 11.9 Å². The molecular weight excluding hydrogens is 329 g/mol. The van der Waals surface area contributed by atoms with Gasteiger partial charge in [0.05, 0.1) is 0 Å². The number of aromatic nitrogens is 2. The van der Waals surface area contributed by atoms with Crippen LogP contribution in [-0.2, 0) is 11.3 Å². The van der Waals surface area contributed by atoms with Gasteiger partial charge in [-0.05, 0) is 41.8 Å². The fourth-order valence-corrected chi connectivity index (χ4v) is 4.16. The molecular formula is C21H18FN3O. The first kappa shape index (κ1) is 15.3. The summed E-state index contributed by atoms with van der Waals surface area (Å²) in [4.78, 5) is 21.7. The molecule has 3 aromatic rings. The zero-order chi connectivity index (χ0) is 17.8. The van der Waals surface area contributed by atoms with Gasteiger partial charge >= 0.3 is 0 Å². The average Bonchev–Trinajstić information content (AvgIpc) is 2.94. The van der Waals surface area contributed by atoms with Crippen LogP contribution in [0.1, 0.15) is 30.5 Å². The van der Waals surface area contributed by atoms with Crippen LogP contribution in [0.25, 0.3) is 27.7 Å². The number of rotatable bonds is 1. The van der Waals surface area contributed by atoms with Crippen LogP contribution in [0.3, 0.4) is 0 Å². The minimum Gasteiger partial charge on any atom is -0.370 e. The first-order valence-corrected chi connectivity index (χ1v) is 8.83. The summed E-state index contributed by atoms with van der Waals surface area (Å²) in [6.45, 7) is 0.706. The van der Waals surface area contributed by atoms with E-state index in [1.54, 1.807) is 12.3 Å². The Morgan fingerprint density at radius 1 is 1.19 bits per heavy atom. The molecule has 130 valence electrons. The smallest absolute Gasteiger partial charge is 0.138 e. The third-order valence-corrected chi connectivity index (χ3v) is 5.42. The van der Waals surface area contributed by atoms with Crippen molar-refractivity contribution in [3.8, 4) is 11.1 Å². The van der Waals surface area contributed by atoms with Gasteiger partial charge in [0.15, 0.2) is 0 Å². The highest BCUT2D eigenvalue weighted by Crippen LogP contribution is 2.43. The molecule has 3 heterocycles. The zero-order valence-electron chi connectivity index (χ0n) is 14.5. The first-order chi connectivity index (χ1) is 12.6. The molecule has 0 unspecified atom stereocenters. The van der Waals surface area contributed by atoms with Crippen LogP contribution in [0.15, 0.2) is 36.5 Å². The quantitative estimate of drug-likeness (QED) is 0.707.